The molecule has 2 amide bonds. The number of hydrogen-bond donors (Lipinski definition) is 1. The molecule has 1 aliphatic carbocycles. The topological polar surface area (TPSA) is 58.6 Å². The summed E-state index contributed by atoms with van der Waals surface area (Å²) in [6.07, 6.45) is 2.68. The van der Waals surface area contributed by atoms with Crippen molar-refractivity contribution in [1.29, 1.82) is 0 Å². The molecule has 3 rings (SSSR count). The minimum atomic E-state index is -0.325. The molecular formula is C19H26N2O3. The van der Waals surface area contributed by atoms with Gasteiger partial charge in [0.2, 0.25) is 11.8 Å². The monoisotopic (exact) mass is 330 g/mol. The fraction of sp³-hybridized carbons (Fsp3) is 0.579. The summed E-state index contributed by atoms with van der Waals surface area (Å²) in [6, 6.07) is 7.81. The summed E-state index contributed by atoms with van der Waals surface area (Å²) in [4.78, 5) is 27.1. The maximum Gasteiger partial charge on any atom is 0.226 e. The maximum absolute atomic E-state index is 12.7. The molecule has 2 aliphatic rings. The van der Waals surface area contributed by atoms with E-state index < -0.39 is 0 Å². The van der Waals surface area contributed by atoms with E-state index in [1.54, 1.807) is 7.11 Å². The normalized spacial score (nSPS) is 23.6. The van der Waals surface area contributed by atoms with E-state index in [1.807, 2.05) is 36.1 Å². The third-order valence-corrected chi connectivity index (χ3v) is 5.07. The minimum absolute atomic E-state index is 0.00317. The van der Waals surface area contributed by atoms with Gasteiger partial charge in [-0.1, -0.05) is 24.3 Å². The van der Waals surface area contributed by atoms with Crippen LogP contribution in [0.15, 0.2) is 24.3 Å². The molecule has 24 heavy (non-hydrogen) atoms. The number of nitrogens with one attached hydrogen (secondary N) is 1. The average molecular weight is 330 g/mol. The summed E-state index contributed by atoms with van der Waals surface area (Å²) < 4.78 is 5.16. The Balaban J connectivity index is 1.83. The van der Waals surface area contributed by atoms with E-state index in [0.29, 0.717) is 19.1 Å². The van der Waals surface area contributed by atoms with Crippen LogP contribution in [0.4, 0.5) is 0 Å². The predicted octanol–water partition coefficient (Wildman–Crippen LogP) is 2.06. The number of carbonyl (C=O) groups is 2. The van der Waals surface area contributed by atoms with Gasteiger partial charge in [-0.2, -0.15) is 0 Å². The summed E-state index contributed by atoms with van der Waals surface area (Å²) in [6.45, 7) is 3.76. The van der Waals surface area contributed by atoms with E-state index in [4.69, 9.17) is 4.74 Å². The molecule has 5 heteroatoms. The first-order valence-electron chi connectivity index (χ1n) is 8.73. The molecule has 130 valence electrons. The Hall–Kier alpha value is -1.88. The van der Waals surface area contributed by atoms with E-state index in [1.165, 1.54) is 12.8 Å². The third-order valence-electron chi connectivity index (χ3n) is 5.07. The zero-order chi connectivity index (χ0) is 17.1. The van der Waals surface area contributed by atoms with Gasteiger partial charge in [0.1, 0.15) is 0 Å². The smallest absolute Gasteiger partial charge is 0.226 e. The number of amides is 2. The largest absolute Gasteiger partial charge is 0.383 e. The number of aryl methyl sites for hydroxylation is 1. The number of rotatable bonds is 7. The molecule has 1 aliphatic heterocycles. The maximum atomic E-state index is 12.7. The second kappa shape index (κ2) is 7.34. The summed E-state index contributed by atoms with van der Waals surface area (Å²) in [5, 5.41) is 3.05. The zero-order valence-electron chi connectivity index (χ0n) is 14.5. The van der Waals surface area contributed by atoms with Crippen LogP contribution in [-0.4, -0.2) is 43.5 Å². The Labute approximate surface area is 143 Å². The van der Waals surface area contributed by atoms with Crippen LogP contribution in [0.1, 0.15) is 36.4 Å². The van der Waals surface area contributed by atoms with Crippen molar-refractivity contribution < 1.29 is 14.3 Å². The molecule has 0 aromatic heterocycles. The Morgan fingerprint density at radius 3 is 2.75 bits per heavy atom. The molecule has 0 spiro atoms. The van der Waals surface area contributed by atoms with Gasteiger partial charge >= 0.3 is 0 Å². The quantitative estimate of drug-likeness (QED) is 0.832. The van der Waals surface area contributed by atoms with Gasteiger partial charge in [0, 0.05) is 26.6 Å². The summed E-state index contributed by atoms with van der Waals surface area (Å²) >= 11 is 0. The Bertz CT molecular complexity index is 612. The molecule has 5 nitrogen and oxygen atoms in total. The van der Waals surface area contributed by atoms with Crippen molar-refractivity contribution in [3.8, 4) is 0 Å². The lowest BCUT2D eigenvalue weighted by Gasteiger charge is -2.29. The molecule has 1 heterocycles. The van der Waals surface area contributed by atoms with Gasteiger partial charge < -0.3 is 15.0 Å². The second-order valence-corrected chi connectivity index (χ2v) is 6.88. The van der Waals surface area contributed by atoms with Crippen LogP contribution in [0.25, 0.3) is 0 Å². The molecule has 1 aromatic carbocycles. The van der Waals surface area contributed by atoms with Gasteiger partial charge in [0.25, 0.3) is 0 Å². The molecule has 2 fully saturated rings. The molecule has 1 saturated carbocycles. The van der Waals surface area contributed by atoms with Crippen molar-refractivity contribution in [2.24, 2.45) is 11.8 Å². The van der Waals surface area contributed by atoms with E-state index in [9.17, 15) is 9.59 Å². The van der Waals surface area contributed by atoms with Gasteiger partial charge in [-0.3, -0.25) is 9.59 Å². The van der Waals surface area contributed by atoms with Crippen LogP contribution < -0.4 is 5.32 Å². The van der Waals surface area contributed by atoms with Crippen molar-refractivity contribution in [1.82, 2.24) is 10.2 Å². The number of likely N-dealkylation sites (tertiary alicyclic amines) is 1. The van der Waals surface area contributed by atoms with Gasteiger partial charge in [0.05, 0.1) is 18.6 Å². The highest BCUT2D eigenvalue weighted by Crippen LogP contribution is 2.39. The highest BCUT2D eigenvalue weighted by Gasteiger charge is 2.44. The van der Waals surface area contributed by atoms with Crippen LogP contribution in [0.5, 0.6) is 0 Å². The summed E-state index contributed by atoms with van der Waals surface area (Å²) in [7, 11) is 1.63. The summed E-state index contributed by atoms with van der Waals surface area (Å²) in [5.41, 5.74) is 2.17. The van der Waals surface area contributed by atoms with Gasteiger partial charge in [-0.25, -0.2) is 0 Å². The third kappa shape index (κ3) is 3.61. The molecular weight excluding hydrogens is 304 g/mol. The predicted molar refractivity (Wildman–Crippen MR) is 91.3 cm³/mol. The fourth-order valence-electron chi connectivity index (χ4n) is 3.48. The second-order valence-electron chi connectivity index (χ2n) is 6.88. The standard InChI is InChI=1S/C19H26N2O3/c1-13-5-3-4-6-15(13)18-16(19(23)20-12-14-7-8-14)11-17(22)21(18)9-10-24-2/h3-6,14,16,18H,7-12H2,1-2H3,(H,20,23)/t16-,18+/m1/s1. The summed E-state index contributed by atoms with van der Waals surface area (Å²) in [5.74, 6) is 0.345. The zero-order valence-corrected chi connectivity index (χ0v) is 14.5. The van der Waals surface area contributed by atoms with Crippen LogP contribution in [-0.2, 0) is 14.3 Å². The Kier molecular flexibility index (Phi) is 5.19. The van der Waals surface area contributed by atoms with Crippen LogP contribution in [0, 0.1) is 18.8 Å². The van der Waals surface area contributed by atoms with Gasteiger partial charge in [-0.05, 0) is 36.8 Å². The highest BCUT2D eigenvalue weighted by atomic mass is 16.5. The molecule has 0 unspecified atom stereocenters. The van der Waals surface area contributed by atoms with E-state index in [0.717, 1.165) is 17.7 Å². The highest BCUT2D eigenvalue weighted by molar-refractivity contribution is 5.90. The molecule has 0 bridgehead atoms. The van der Waals surface area contributed by atoms with Gasteiger partial charge in [-0.15, -0.1) is 0 Å². The Morgan fingerprint density at radius 1 is 1.33 bits per heavy atom. The number of nitrogens with zero attached hydrogens (tertiary/aromatic N) is 1. The van der Waals surface area contributed by atoms with Crippen LogP contribution >= 0.6 is 0 Å². The van der Waals surface area contributed by atoms with Gasteiger partial charge in [0.15, 0.2) is 0 Å². The van der Waals surface area contributed by atoms with E-state index in [2.05, 4.69) is 5.32 Å². The first-order chi connectivity index (χ1) is 11.6. The van der Waals surface area contributed by atoms with Crippen molar-refractivity contribution in [2.75, 3.05) is 26.8 Å². The lowest BCUT2D eigenvalue weighted by molar-refractivity contribution is -0.129. The van der Waals surface area contributed by atoms with Crippen LogP contribution in [0.3, 0.4) is 0 Å². The number of ether oxygens (including phenoxy) is 1. The van der Waals surface area contributed by atoms with Crippen molar-refractivity contribution in [3.63, 3.8) is 0 Å². The molecule has 1 aromatic rings. The number of hydrogen-bond acceptors (Lipinski definition) is 3. The SMILES string of the molecule is COCCN1C(=O)C[C@@H](C(=O)NCC2CC2)[C@@H]1c1ccccc1C. The van der Waals surface area contributed by atoms with Crippen LogP contribution in [0.2, 0.25) is 0 Å². The first kappa shape index (κ1) is 17.0. The molecule has 2 atom stereocenters. The van der Waals surface area contributed by atoms with Crippen molar-refractivity contribution in [3.05, 3.63) is 35.4 Å². The fourth-order valence-corrected chi connectivity index (χ4v) is 3.48. The van der Waals surface area contributed by atoms with E-state index in [-0.39, 0.29) is 30.2 Å². The Morgan fingerprint density at radius 2 is 2.08 bits per heavy atom. The number of benzene rings is 1. The molecule has 1 N–H and O–H groups in total. The number of carbonyl (C=O) groups excluding carboxylic acids is 2. The minimum Gasteiger partial charge on any atom is -0.383 e. The van der Waals surface area contributed by atoms with E-state index >= 15 is 0 Å². The van der Waals surface area contributed by atoms with Crippen molar-refractivity contribution >= 4 is 11.8 Å². The lowest BCUT2D eigenvalue weighted by Crippen LogP contribution is -2.37. The number of methoxy groups -OCH3 is 1. The average Bonchev–Trinajstić information content (AvgIpc) is 3.34. The molecule has 1 saturated heterocycles. The van der Waals surface area contributed by atoms with Crippen molar-refractivity contribution in [2.45, 2.75) is 32.2 Å². The first-order valence-corrected chi connectivity index (χ1v) is 8.73. The lowest BCUT2D eigenvalue weighted by atomic mass is 9.90. The molecule has 0 radical (unpaired) electrons.